The lowest BCUT2D eigenvalue weighted by atomic mass is 10.00. The van der Waals surface area contributed by atoms with Gasteiger partial charge in [0.25, 0.3) is 0 Å². The highest BCUT2D eigenvalue weighted by Gasteiger charge is 2.36. The van der Waals surface area contributed by atoms with Crippen LogP contribution in [0, 0.1) is 11.6 Å². The standard InChI is InChI=1S/C24H24F2N4O4S/c1-4-33-23(31)20-15-11-29(3)18-9-19(27)28-10-13(18)21(15)35-22(20)30(24(32)34-5-2)12-14-16(25)7-6-8-17(14)26/h6-10H,4-5,11-12H2,1-3H3,(H2,27,28). The zero-order valence-electron chi connectivity index (χ0n) is 19.4. The Bertz CT molecular complexity index is 1280. The van der Waals surface area contributed by atoms with E-state index in [-0.39, 0.29) is 29.3 Å². The Morgan fingerprint density at radius 2 is 1.89 bits per heavy atom. The number of hydrogen-bond donors (Lipinski definition) is 1. The third-order valence-corrected chi connectivity index (χ3v) is 6.82. The highest BCUT2D eigenvalue weighted by atomic mass is 32.1. The first-order chi connectivity index (χ1) is 16.8. The molecule has 3 heterocycles. The van der Waals surface area contributed by atoms with Gasteiger partial charge >= 0.3 is 12.1 Å². The first kappa shape index (κ1) is 24.4. The molecular weight excluding hydrogens is 478 g/mol. The van der Waals surface area contributed by atoms with E-state index in [0.717, 1.165) is 34.1 Å². The molecule has 1 aliphatic rings. The molecule has 0 spiro atoms. The number of thiophene rings is 1. The summed E-state index contributed by atoms with van der Waals surface area (Å²) >= 11 is 1.13. The van der Waals surface area contributed by atoms with Crippen molar-refractivity contribution < 1.29 is 27.8 Å². The minimum atomic E-state index is -0.844. The van der Waals surface area contributed by atoms with Gasteiger partial charge in [0.15, 0.2) is 0 Å². The number of amides is 1. The van der Waals surface area contributed by atoms with Crippen molar-refractivity contribution in [3.63, 3.8) is 0 Å². The van der Waals surface area contributed by atoms with Crippen LogP contribution in [0.1, 0.15) is 35.3 Å². The van der Waals surface area contributed by atoms with Gasteiger partial charge in [0.05, 0.1) is 25.4 Å². The highest BCUT2D eigenvalue weighted by Crippen LogP contribution is 2.49. The molecule has 0 bridgehead atoms. The first-order valence-corrected chi connectivity index (χ1v) is 11.7. The molecule has 1 aromatic carbocycles. The van der Waals surface area contributed by atoms with Crippen LogP contribution in [0.4, 0.5) is 30.1 Å². The molecule has 2 aromatic heterocycles. The number of hydrogen-bond acceptors (Lipinski definition) is 8. The quantitative estimate of drug-likeness (QED) is 0.476. The van der Waals surface area contributed by atoms with Gasteiger partial charge in [0.1, 0.15) is 28.0 Å². The minimum Gasteiger partial charge on any atom is -0.462 e. The Morgan fingerprint density at radius 1 is 1.20 bits per heavy atom. The number of carbonyl (C=O) groups excluding carboxylic acids is 2. The fourth-order valence-electron chi connectivity index (χ4n) is 3.96. The van der Waals surface area contributed by atoms with E-state index in [0.29, 0.717) is 28.4 Å². The summed E-state index contributed by atoms with van der Waals surface area (Å²) in [6, 6.07) is 5.17. The molecule has 0 atom stereocenters. The van der Waals surface area contributed by atoms with Gasteiger partial charge in [-0.3, -0.25) is 4.90 Å². The van der Waals surface area contributed by atoms with Crippen molar-refractivity contribution in [3.05, 3.63) is 58.8 Å². The Labute approximate surface area is 204 Å². The van der Waals surface area contributed by atoms with Gasteiger partial charge in [-0.15, -0.1) is 11.3 Å². The number of anilines is 3. The molecule has 4 rings (SSSR count). The van der Waals surface area contributed by atoms with E-state index in [2.05, 4.69) is 4.98 Å². The summed E-state index contributed by atoms with van der Waals surface area (Å²) in [5.41, 5.74) is 7.83. The minimum absolute atomic E-state index is 0.0314. The molecule has 0 aliphatic carbocycles. The van der Waals surface area contributed by atoms with Crippen LogP contribution in [0.3, 0.4) is 0 Å². The Kier molecular flexibility index (Phi) is 6.88. The van der Waals surface area contributed by atoms with Crippen LogP contribution in [0.2, 0.25) is 0 Å². The Balaban J connectivity index is 1.94. The van der Waals surface area contributed by atoms with Crippen molar-refractivity contribution in [2.45, 2.75) is 26.9 Å². The van der Waals surface area contributed by atoms with Crippen molar-refractivity contribution in [1.82, 2.24) is 4.98 Å². The SMILES string of the molecule is CCOC(=O)c1c(N(Cc2c(F)cccc2F)C(=O)OCC)sc2c1CN(C)c1cc(N)ncc1-2. The smallest absolute Gasteiger partial charge is 0.415 e. The third-order valence-electron chi connectivity index (χ3n) is 5.53. The van der Waals surface area contributed by atoms with Crippen LogP contribution in [-0.4, -0.2) is 37.3 Å². The van der Waals surface area contributed by atoms with Gasteiger partial charge in [-0.2, -0.15) is 0 Å². The molecule has 0 fully saturated rings. The van der Waals surface area contributed by atoms with Gasteiger partial charge < -0.3 is 20.1 Å². The lowest BCUT2D eigenvalue weighted by molar-refractivity contribution is 0.0526. The van der Waals surface area contributed by atoms with Crippen LogP contribution >= 0.6 is 11.3 Å². The molecule has 0 radical (unpaired) electrons. The largest absolute Gasteiger partial charge is 0.462 e. The average molecular weight is 503 g/mol. The van der Waals surface area contributed by atoms with E-state index in [1.807, 2.05) is 11.9 Å². The Morgan fingerprint density at radius 3 is 2.54 bits per heavy atom. The predicted octanol–water partition coefficient (Wildman–Crippen LogP) is 4.96. The number of carbonyl (C=O) groups is 2. The van der Waals surface area contributed by atoms with Gasteiger partial charge in [-0.05, 0) is 26.0 Å². The topological polar surface area (TPSA) is 98.0 Å². The summed E-state index contributed by atoms with van der Waals surface area (Å²) in [6.45, 7) is 3.26. The van der Waals surface area contributed by atoms with Gasteiger partial charge in [0, 0.05) is 47.4 Å². The summed E-state index contributed by atoms with van der Waals surface area (Å²) in [5, 5.41) is 0.174. The van der Waals surface area contributed by atoms with Crippen LogP contribution in [-0.2, 0) is 22.6 Å². The number of pyridine rings is 1. The summed E-state index contributed by atoms with van der Waals surface area (Å²) in [4.78, 5) is 34.0. The Hall–Kier alpha value is -3.73. The van der Waals surface area contributed by atoms with Gasteiger partial charge in [0.2, 0.25) is 0 Å². The van der Waals surface area contributed by atoms with Crippen LogP contribution in [0.15, 0.2) is 30.5 Å². The number of esters is 1. The van der Waals surface area contributed by atoms with Crippen LogP contribution in [0.25, 0.3) is 10.4 Å². The molecule has 0 saturated heterocycles. The second kappa shape index (κ2) is 9.87. The fraction of sp³-hybridized carbons (Fsp3) is 0.292. The zero-order valence-corrected chi connectivity index (χ0v) is 20.2. The lowest BCUT2D eigenvalue weighted by Gasteiger charge is -2.28. The number of nitrogen functional groups attached to an aromatic ring is 1. The monoisotopic (exact) mass is 502 g/mol. The number of aromatic nitrogens is 1. The second-order valence-electron chi connectivity index (χ2n) is 7.78. The maximum atomic E-state index is 14.5. The molecule has 11 heteroatoms. The summed E-state index contributed by atoms with van der Waals surface area (Å²) in [6.07, 6.45) is 0.753. The van der Waals surface area contributed by atoms with Gasteiger partial charge in [-0.25, -0.2) is 23.4 Å². The summed E-state index contributed by atoms with van der Waals surface area (Å²) in [7, 11) is 1.84. The van der Waals surface area contributed by atoms with Crippen molar-refractivity contribution in [2.75, 3.05) is 35.8 Å². The maximum absolute atomic E-state index is 14.5. The summed E-state index contributed by atoms with van der Waals surface area (Å²) in [5.74, 6) is -1.95. The zero-order chi connectivity index (χ0) is 25.3. The maximum Gasteiger partial charge on any atom is 0.415 e. The molecule has 8 nitrogen and oxygen atoms in total. The number of rotatable bonds is 6. The van der Waals surface area contributed by atoms with E-state index in [1.54, 1.807) is 26.1 Å². The fourth-order valence-corrected chi connectivity index (χ4v) is 5.27. The lowest BCUT2D eigenvalue weighted by Crippen LogP contribution is -2.32. The molecule has 3 aromatic rings. The number of benzene rings is 1. The van der Waals surface area contributed by atoms with Crippen LogP contribution < -0.4 is 15.5 Å². The van der Waals surface area contributed by atoms with Crippen LogP contribution in [0.5, 0.6) is 0 Å². The van der Waals surface area contributed by atoms with Crippen molar-refractivity contribution in [2.24, 2.45) is 0 Å². The number of ether oxygens (including phenoxy) is 2. The van der Waals surface area contributed by atoms with E-state index >= 15 is 0 Å². The molecular formula is C24H24F2N4O4S. The molecule has 0 unspecified atom stereocenters. The van der Waals surface area contributed by atoms with Crippen molar-refractivity contribution in [3.8, 4) is 10.4 Å². The molecule has 2 N–H and O–H groups in total. The highest BCUT2D eigenvalue weighted by molar-refractivity contribution is 7.20. The van der Waals surface area contributed by atoms with E-state index in [9.17, 15) is 18.4 Å². The molecule has 1 amide bonds. The average Bonchev–Trinajstić information content (AvgIpc) is 3.18. The van der Waals surface area contributed by atoms with E-state index in [1.165, 1.54) is 6.07 Å². The number of nitrogens with zero attached hydrogens (tertiary/aromatic N) is 3. The van der Waals surface area contributed by atoms with Gasteiger partial charge in [-0.1, -0.05) is 6.07 Å². The van der Waals surface area contributed by atoms with E-state index in [4.69, 9.17) is 15.2 Å². The second-order valence-corrected chi connectivity index (χ2v) is 8.78. The van der Waals surface area contributed by atoms with Crippen molar-refractivity contribution in [1.29, 1.82) is 0 Å². The molecule has 35 heavy (non-hydrogen) atoms. The summed E-state index contributed by atoms with van der Waals surface area (Å²) < 4.78 is 39.6. The number of nitrogens with two attached hydrogens (primary N) is 1. The first-order valence-electron chi connectivity index (χ1n) is 10.9. The van der Waals surface area contributed by atoms with E-state index < -0.39 is 30.2 Å². The number of fused-ring (bicyclic) bond motifs is 3. The predicted molar refractivity (Wildman–Crippen MR) is 130 cm³/mol. The van der Waals surface area contributed by atoms with Crippen molar-refractivity contribution >= 4 is 39.9 Å². The molecule has 0 saturated carbocycles. The normalized spacial score (nSPS) is 12.1. The molecule has 184 valence electrons. The number of halogens is 2. The third kappa shape index (κ3) is 4.51. The molecule has 1 aliphatic heterocycles.